The largest absolute Gasteiger partial charge is 0.370 e. The molecule has 3 aliphatic heterocycles. The lowest BCUT2D eigenvalue weighted by atomic mass is 9.89. The molecule has 218 valence electrons. The Bertz CT molecular complexity index is 1270. The van der Waals surface area contributed by atoms with Crippen LogP contribution in [0.25, 0.3) is 0 Å². The van der Waals surface area contributed by atoms with Crippen LogP contribution < -0.4 is 11.1 Å². The Morgan fingerprint density at radius 1 is 1.17 bits per heavy atom. The summed E-state index contributed by atoms with van der Waals surface area (Å²) in [5, 5.41) is 12.7. The third-order valence-electron chi connectivity index (χ3n) is 8.34. The first-order chi connectivity index (χ1) is 19.8. The van der Waals surface area contributed by atoms with Gasteiger partial charge in [-0.25, -0.2) is 4.98 Å². The van der Waals surface area contributed by atoms with Crippen molar-refractivity contribution in [2.75, 3.05) is 26.2 Å². The predicted octanol–water partition coefficient (Wildman–Crippen LogP) is 1.64. The number of thiazole rings is 1. The van der Waals surface area contributed by atoms with E-state index in [9.17, 15) is 19.2 Å². The van der Waals surface area contributed by atoms with Crippen molar-refractivity contribution in [1.29, 1.82) is 5.41 Å². The molecule has 11 nitrogen and oxygen atoms in total. The van der Waals surface area contributed by atoms with Gasteiger partial charge in [-0.1, -0.05) is 30.3 Å². The number of likely N-dealkylation sites (tertiary alicyclic amines) is 1. The molecule has 2 aromatic rings. The number of hydrogen-bond donors (Lipinski definition) is 3. The minimum absolute atomic E-state index is 0.000852. The number of piperidine rings is 1. The molecule has 0 saturated carbocycles. The van der Waals surface area contributed by atoms with Crippen molar-refractivity contribution in [3.8, 4) is 0 Å². The summed E-state index contributed by atoms with van der Waals surface area (Å²) in [7, 11) is 0. The summed E-state index contributed by atoms with van der Waals surface area (Å²) >= 11 is 1.22. The van der Waals surface area contributed by atoms with Gasteiger partial charge in [-0.2, -0.15) is 0 Å². The van der Waals surface area contributed by atoms with Crippen molar-refractivity contribution in [3.05, 3.63) is 52.5 Å². The molecule has 41 heavy (non-hydrogen) atoms. The maximum atomic E-state index is 13.6. The number of guanidine groups is 1. The number of Topliss-reactive ketones (excluding diaryl/α,β-unsaturated/α-hetero) is 1. The quantitative estimate of drug-likeness (QED) is 0.220. The van der Waals surface area contributed by atoms with Crippen molar-refractivity contribution < 1.29 is 19.2 Å². The molecule has 4 heterocycles. The number of nitrogens with zero attached hydrogens (tertiary/aromatic N) is 4. The first-order valence-electron chi connectivity index (χ1n) is 14.3. The highest BCUT2D eigenvalue weighted by atomic mass is 32.1. The maximum absolute atomic E-state index is 13.6. The van der Waals surface area contributed by atoms with Crippen molar-refractivity contribution in [2.45, 2.75) is 63.1 Å². The number of piperazine rings is 1. The van der Waals surface area contributed by atoms with Crippen LogP contribution >= 0.6 is 11.3 Å². The van der Waals surface area contributed by atoms with Crippen molar-refractivity contribution in [2.24, 2.45) is 11.7 Å². The minimum atomic E-state index is -0.824. The number of amides is 3. The number of nitrogens with two attached hydrogens (primary N) is 1. The molecule has 0 bridgehead atoms. The first kappa shape index (κ1) is 28.7. The van der Waals surface area contributed by atoms with Crippen LogP contribution in [-0.4, -0.2) is 93.5 Å². The lowest BCUT2D eigenvalue weighted by Gasteiger charge is -2.39. The molecule has 0 aliphatic carbocycles. The van der Waals surface area contributed by atoms with Gasteiger partial charge >= 0.3 is 0 Å². The van der Waals surface area contributed by atoms with Gasteiger partial charge in [-0.15, -0.1) is 11.3 Å². The minimum Gasteiger partial charge on any atom is -0.370 e. The molecule has 0 radical (unpaired) electrons. The topological polar surface area (TPSA) is 153 Å². The van der Waals surface area contributed by atoms with E-state index in [1.165, 1.54) is 21.8 Å². The number of aryl methyl sites for hydroxylation is 1. The summed E-state index contributed by atoms with van der Waals surface area (Å²) in [5.41, 5.74) is 6.89. The van der Waals surface area contributed by atoms with Crippen LogP contribution in [0.15, 0.2) is 41.9 Å². The van der Waals surface area contributed by atoms with E-state index in [2.05, 4.69) is 10.3 Å². The Morgan fingerprint density at radius 3 is 2.71 bits per heavy atom. The average molecular weight is 580 g/mol. The second kappa shape index (κ2) is 12.8. The molecule has 12 heteroatoms. The van der Waals surface area contributed by atoms with E-state index in [0.29, 0.717) is 43.9 Å². The normalized spacial score (nSPS) is 23.3. The number of nitrogens with one attached hydrogen (secondary N) is 2. The van der Waals surface area contributed by atoms with Gasteiger partial charge in [0.15, 0.2) is 11.0 Å². The molecule has 3 fully saturated rings. The number of benzene rings is 1. The summed E-state index contributed by atoms with van der Waals surface area (Å²) in [6.45, 7) is 1.68. The van der Waals surface area contributed by atoms with E-state index in [-0.39, 0.29) is 36.0 Å². The van der Waals surface area contributed by atoms with Crippen LogP contribution in [0.5, 0.6) is 0 Å². The van der Waals surface area contributed by atoms with Crippen molar-refractivity contribution >= 4 is 40.8 Å². The van der Waals surface area contributed by atoms with Crippen LogP contribution in [0.3, 0.4) is 0 Å². The van der Waals surface area contributed by atoms with Gasteiger partial charge < -0.3 is 25.8 Å². The fourth-order valence-electron chi connectivity index (χ4n) is 6.30. The lowest BCUT2D eigenvalue weighted by Crippen LogP contribution is -2.62. The third-order valence-corrected chi connectivity index (χ3v) is 9.13. The summed E-state index contributed by atoms with van der Waals surface area (Å²) in [4.78, 5) is 62.5. The van der Waals surface area contributed by atoms with Crippen molar-refractivity contribution in [1.82, 2.24) is 25.0 Å². The Kier molecular flexibility index (Phi) is 8.96. The van der Waals surface area contributed by atoms with Gasteiger partial charge in [0.2, 0.25) is 23.5 Å². The SMILES string of the molecule is N=C(N)N1CCC[C@@H](C[C@H](NC(=O)[C@@H]2CC[C@H]3C(=O)N(CCCc4ccccc4)CC(=O)N23)C(=O)c2nccs2)C1. The third kappa shape index (κ3) is 6.58. The zero-order valence-corrected chi connectivity index (χ0v) is 23.9. The lowest BCUT2D eigenvalue weighted by molar-refractivity contribution is -0.157. The van der Waals surface area contributed by atoms with E-state index in [4.69, 9.17) is 11.1 Å². The maximum Gasteiger partial charge on any atom is 0.245 e. The number of rotatable bonds is 10. The molecule has 3 aliphatic rings. The number of fused-ring (bicyclic) bond motifs is 1. The van der Waals surface area contributed by atoms with E-state index < -0.39 is 24.0 Å². The second-order valence-electron chi connectivity index (χ2n) is 11.1. The van der Waals surface area contributed by atoms with E-state index in [1.54, 1.807) is 21.4 Å². The summed E-state index contributed by atoms with van der Waals surface area (Å²) in [5.74, 6) is -0.982. The molecule has 0 unspecified atom stereocenters. The Labute approximate surface area is 243 Å². The highest BCUT2D eigenvalue weighted by Crippen LogP contribution is 2.30. The molecular formula is C29H37N7O4S. The average Bonchev–Trinajstić information content (AvgIpc) is 3.67. The first-order valence-corrected chi connectivity index (χ1v) is 15.2. The number of carbonyl (C=O) groups is 4. The Morgan fingerprint density at radius 2 is 1.98 bits per heavy atom. The zero-order chi connectivity index (χ0) is 28.9. The van der Waals surface area contributed by atoms with Gasteiger partial charge in [-0.3, -0.25) is 24.6 Å². The highest BCUT2D eigenvalue weighted by Gasteiger charge is 2.49. The van der Waals surface area contributed by atoms with Crippen LogP contribution in [-0.2, 0) is 20.8 Å². The zero-order valence-electron chi connectivity index (χ0n) is 23.0. The molecule has 5 rings (SSSR count). The Hall–Kier alpha value is -3.80. The fraction of sp³-hybridized carbons (Fsp3) is 0.517. The molecule has 0 spiro atoms. The van der Waals surface area contributed by atoms with Crippen molar-refractivity contribution in [3.63, 3.8) is 0 Å². The molecule has 1 aromatic heterocycles. The van der Waals surface area contributed by atoms with Crippen LogP contribution in [0.4, 0.5) is 0 Å². The smallest absolute Gasteiger partial charge is 0.245 e. The standard InChI is InChI=1S/C29H37N7O4S/c30-29(31)35-14-5-9-20(17-35)16-21(25(38)27-32-12-15-41-27)33-26(39)22-10-11-23-28(40)34(18-24(37)36(22)23)13-4-8-19-6-2-1-3-7-19/h1-3,6-7,12,15,20-23H,4-5,8-11,13-14,16-18H2,(H3,30,31)(H,33,39)/t20-,21-,22-,23-/m0/s1. The molecule has 4 atom stereocenters. The molecule has 4 N–H and O–H groups in total. The number of ketones is 1. The van der Waals surface area contributed by atoms with Crippen LogP contribution in [0, 0.1) is 11.3 Å². The number of hydrogen-bond acceptors (Lipinski definition) is 7. The number of aromatic nitrogens is 1. The fourth-order valence-corrected chi connectivity index (χ4v) is 6.93. The molecule has 3 saturated heterocycles. The van der Waals surface area contributed by atoms with Gasteiger partial charge in [0.1, 0.15) is 12.1 Å². The van der Waals surface area contributed by atoms with Gasteiger partial charge in [0, 0.05) is 31.2 Å². The van der Waals surface area contributed by atoms with Gasteiger partial charge in [-0.05, 0) is 56.4 Å². The predicted molar refractivity (Wildman–Crippen MR) is 154 cm³/mol. The molecule has 1 aromatic carbocycles. The monoisotopic (exact) mass is 579 g/mol. The van der Waals surface area contributed by atoms with Crippen LogP contribution in [0.1, 0.15) is 53.9 Å². The second-order valence-corrected chi connectivity index (χ2v) is 12.0. The van der Waals surface area contributed by atoms with E-state index in [0.717, 1.165) is 25.7 Å². The summed E-state index contributed by atoms with van der Waals surface area (Å²) in [6.07, 6.45) is 5.98. The number of carbonyl (C=O) groups excluding carboxylic acids is 4. The summed E-state index contributed by atoms with van der Waals surface area (Å²) in [6, 6.07) is 7.75. The summed E-state index contributed by atoms with van der Waals surface area (Å²) < 4.78 is 0. The van der Waals surface area contributed by atoms with Crippen LogP contribution in [0.2, 0.25) is 0 Å². The Balaban J connectivity index is 1.23. The molecular weight excluding hydrogens is 542 g/mol. The van der Waals surface area contributed by atoms with E-state index in [1.807, 2.05) is 30.3 Å². The highest BCUT2D eigenvalue weighted by molar-refractivity contribution is 7.11. The molecule has 3 amide bonds. The van der Waals surface area contributed by atoms with Gasteiger partial charge in [0.05, 0.1) is 12.6 Å². The van der Waals surface area contributed by atoms with E-state index >= 15 is 0 Å². The van der Waals surface area contributed by atoms with Gasteiger partial charge in [0.25, 0.3) is 0 Å².